The second-order valence-electron chi connectivity index (χ2n) is 13.8. The Morgan fingerprint density at radius 2 is 1.59 bits per heavy atom. The van der Waals surface area contributed by atoms with Crippen LogP contribution < -0.4 is 22.1 Å². The van der Waals surface area contributed by atoms with Crippen molar-refractivity contribution in [1.82, 2.24) is 20.1 Å². The van der Waals surface area contributed by atoms with E-state index in [1.54, 1.807) is 12.3 Å². The number of aromatic nitrogens is 1. The molecule has 0 fully saturated rings. The summed E-state index contributed by atoms with van der Waals surface area (Å²) in [5, 5.41) is 32.2. The van der Waals surface area contributed by atoms with Crippen LogP contribution in [0.5, 0.6) is 0 Å². The topological polar surface area (TPSA) is 230 Å². The highest BCUT2D eigenvalue weighted by molar-refractivity contribution is 8.00. The summed E-state index contributed by atoms with van der Waals surface area (Å²) < 4.78 is 31.1. The average Bonchev–Trinajstić information content (AvgIpc) is 3.52. The number of aliphatic carboxylic acids is 2. The minimum absolute atomic E-state index is 0.0305. The summed E-state index contributed by atoms with van der Waals surface area (Å²) in [6.45, 7) is 4.98. The van der Waals surface area contributed by atoms with E-state index in [1.807, 2.05) is 55.7 Å². The molecule has 0 aliphatic carbocycles. The number of nitrogens with two attached hydrogens (primary N) is 2. The molecule has 1 aromatic heterocycles. The maximum atomic E-state index is 15.0. The summed E-state index contributed by atoms with van der Waals surface area (Å²) >= 11 is 0.731. The van der Waals surface area contributed by atoms with E-state index in [4.69, 9.17) is 16.6 Å². The Kier molecular flexibility index (Phi) is 16.1. The zero-order valence-corrected chi connectivity index (χ0v) is 31.2. The lowest BCUT2D eigenvalue weighted by atomic mass is 9.82. The monoisotopic (exact) mass is 774 g/mol. The predicted octanol–water partition coefficient (Wildman–Crippen LogP) is 2.33. The second-order valence-corrected chi connectivity index (χ2v) is 15.0. The molecule has 2 aromatic carbocycles. The lowest BCUT2D eigenvalue weighted by molar-refractivity contribution is -0.140. The van der Waals surface area contributed by atoms with Crippen LogP contribution >= 0.6 is 11.8 Å². The van der Waals surface area contributed by atoms with Gasteiger partial charge in [-0.25, -0.2) is 8.78 Å². The van der Waals surface area contributed by atoms with Crippen LogP contribution in [0.2, 0.25) is 0 Å². The fraction of sp³-hybridized carbons (Fsp3) is 0.432. The van der Waals surface area contributed by atoms with E-state index >= 15 is 4.39 Å². The molecule has 0 saturated carbocycles. The molecule has 1 heterocycles. The molecule has 4 atom stereocenters. The minimum Gasteiger partial charge on any atom is -0.480 e. The first-order valence-corrected chi connectivity index (χ1v) is 18.2. The van der Waals surface area contributed by atoms with Gasteiger partial charge in [0, 0.05) is 61.4 Å². The van der Waals surface area contributed by atoms with E-state index in [1.165, 1.54) is 4.90 Å². The number of amides is 3. The molecular weight excluding hydrogens is 727 g/mol. The molecule has 9 N–H and O–H groups in total. The fourth-order valence-corrected chi connectivity index (χ4v) is 6.77. The van der Waals surface area contributed by atoms with Crippen molar-refractivity contribution in [2.45, 2.75) is 63.5 Å². The van der Waals surface area contributed by atoms with Gasteiger partial charge < -0.3 is 46.9 Å². The number of carbonyl (C=O) groups excluding carboxylic acids is 3. The van der Waals surface area contributed by atoms with E-state index in [0.717, 1.165) is 35.5 Å². The number of hydrogen-bond donors (Lipinski definition) is 7. The SMILES string of the molecule is CC(C)(C)[C@H](c1cc(-c2cc(F)ccc2F)cn1Cc1ccccc1)N(CC[C@H](N)C(=O)NCCNC(=O)CC(SC[C@H](N)C(=O)O)C(=O)O)C(=O)CO. The highest BCUT2D eigenvalue weighted by Gasteiger charge is 2.37. The summed E-state index contributed by atoms with van der Waals surface area (Å²) in [6.07, 6.45) is 1.21. The maximum Gasteiger partial charge on any atom is 0.321 e. The van der Waals surface area contributed by atoms with Crippen LogP contribution in [0.4, 0.5) is 8.78 Å². The number of carboxylic acids is 2. The first-order chi connectivity index (χ1) is 25.4. The Bertz CT molecular complexity index is 1770. The number of benzene rings is 2. The molecule has 54 heavy (non-hydrogen) atoms. The van der Waals surface area contributed by atoms with Gasteiger partial charge in [-0.1, -0.05) is 51.1 Å². The van der Waals surface area contributed by atoms with Gasteiger partial charge in [-0.3, -0.25) is 24.0 Å². The second kappa shape index (κ2) is 20.0. The lowest BCUT2D eigenvalue weighted by Gasteiger charge is -2.41. The molecule has 294 valence electrons. The number of carbonyl (C=O) groups is 5. The molecule has 3 aromatic rings. The Hall–Kier alpha value is -4.84. The van der Waals surface area contributed by atoms with E-state index in [0.29, 0.717) is 17.8 Å². The van der Waals surface area contributed by atoms with Gasteiger partial charge in [0.15, 0.2) is 0 Å². The number of rotatable bonds is 20. The molecule has 0 bridgehead atoms. The van der Waals surface area contributed by atoms with Crippen LogP contribution in [0.15, 0.2) is 60.8 Å². The summed E-state index contributed by atoms with van der Waals surface area (Å²) in [7, 11) is 0. The third-order valence-electron chi connectivity index (χ3n) is 8.44. The molecule has 0 radical (unpaired) electrons. The minimum atomic E-state index is -1.31. The average molecular weight is 775 g/mol. The highest BCUT2D eigenvalue weighted by atomic mass is 32.2. The third-order valence-corrected chi connectivity index (χ3v) is 9.76. The van der Waals surface area contributed by atoms with Crippen molar-refractivity contribution in [3.05, 3.63) is 83.7 Å². The van der Waals surface area contributed by atoms with Crippen molar-refractivity contribution in [1.29, 1.82) is 0 Å². The fourth-order valence-electron chi connectivity index (χ4n) is 5.78. The lowest BCUT2D eigenvalue weighted by Crippen LogP contribution is -2.48. The number of nitrogens with one attached hydrogen (secondary N) is 2. The number of thioether (sulfide) groups is 1. The number of aliphatic hydroxyl groups excluding tert-OH is 1. The zero-order chi connectivity index (χ0) is 40.2. The van der Waals surface area contributed by atoms with E-state index in [-0.39, 0.29) is 37.4 Å². The van der Waals surface area contributed by atoms with Gasteiger partial charge in [-0.2, -0.15) is 0 Å². The third kappa shape index (κ3) is 12.6. The summed E-state index contributed by atoms with van der Waals surface area (Å²) in [5.41, 5.74) is 12.8. The highest BCUT2D eigenvalue weighted by Crippen LogP contribution is 2.41. The van der Waals surface area contributed by atoms with Crippen LogP contribution in [-0.2, 0) is 30.5 Å². The Morgan fingerprint density at radius 3 is 2.20 bits per heavy atom. The van der Waals surface area contributed by atoms with Crippen LogP contribution in [0.1, 0.15) is 50.9 Å². The maximum absolute atomic E-state index is 15.0. The smallest absolute Gasteiger partial charge is 0.321 e. The van der Waals surface area contributed by atoms with E-state index in [2.05, 4.69) is 10.6 Å². The normalized spacial score (nSPS) is 13.7. The summed E-state index contributed by atoms with van der Waals surface area (Å²) in [4.78, 5) is 62.5. The van der Waals surface area contributed by atoms with Crippen LogP contribution in [0.3, 0.4) is 0 Å². The van der Waals surface area contributed by atoms with Gasteiger partial charge in [-0.15, -0.1) is 11.8 Å². The molecule has 0 aliphatic rings. The number of aliphatic hydroxyl groups is 1. The summed E-state index contributed by atoms with van der Waals surface area (Å²) in [5.74, 6) is -5.93. The van der Waals surface area contributed by atoms with Crippen molar-refractivity contribution < 1.29 is 48.1 Å². The van der Waals surface area contributed by atoms with E-state index < -0.39 is 83.1 Å². The first kappa shape index (κ1) is 43.6. The number of hydrogen-bond acceptors (Lipinski definition) is 9. The quantitative estimate of drug-likeness (QED) is 0.0824. The van der Waals surface area contributed by atoms with Crippen molar-refractivity contribution in [3.63, 3.8) is 0 Å². The molecular formula is C37H48F2N6O8S. The zero-order valence-electron chi connectivity index (χ0n) is 30.3. The van der Waals surface area contributed by atoms with Crippen molar-refractivity contribution in [2.75, 3.05) is 32.0 Å². The number of halogens is 2. The molecule has 3 rings (SSSR count). The van der Waals surface area contributed by atoms with Crippen LogP contribution in [-0.4, -0.2) is 104 Å². The molecule has 3 amide bonds. The van der Waals surface area contributed by atoms with Crippen LogP contribution in [0, 0.1) is 17.0 Å². The van der Waals surface area contributed by atoms with Gasteiger partial charge in [0.1, 0.15) is 29.5 Å². The Labute approximate surface area is 316 Å². The summed E-state index contributed by atoms with van der Waals surface area (Å²) in [6, 6.07) is 11.1. The van der Waals surface area contributed by atoms with Crippen molar-refractivity contribution in [3.8, 4) is 11.1 Å². The molecule has 0 spiro atoms. The largest absolute Gasteiger partial charge is 0.480 e. The number of nitrogens with zero attached hydrogens (tertiary/aromatic N) is 2. The van der Waals surface area contributed by atoms with Gasteiger partial charge in [0.05, 0.1) is 12.1 Å². The van der Waals surface area contributed by atoms with Gasteiger partial charge in [0.2, 0.25) is 17.7 Å². The molecule has 0 aliphatic heterocycles. The molecule has 0 saturated heterocycles. The number of carboxylic acid groups (broad SMARTS) is 2. The molecule has 17 heteroatoms. The van der Waals surface area contributed by atoms with Crippen molar-refractivity contribution in [2.24, 2.45) is 16.9 Å². The predicted molar refractivity (Wildman–Crippen MR) is 199 cm³/mol. The standard InChI is InChI=1S/C37H48F2N6O8S/c1-37(2,3)33(29-15-23(25-16-24(38)9-10-26(25)39)19-44(29)18-22-7-5-4-6-8-22)45(32(48)20-46)14-11-27(40)34(49)43-13-12-42-31(47)17-30(36(52)53)54-21-28(41)35(50)51/h4-10,15-16,19,27-28,30,33,46H,11-14,17-18,20-21,40-41H2,1-3H3,(H,42,47)(H,43,49)(H,50,51)(H,52,53)/t27-,28-,30?,33-/m0/s1. The molecule has 1 unspecified atom stereocenters. The van der Waals surface area contributed by atoms with Crippen LogP contribution in [0.25, 0.3) is 11.1 Å². The van der Waals surface area contributed by atoms with Gasteiger partial charge in [-0.05, 0) is 41.7 Å². The first-order valence-electron chi connectivity index (χ1n) is 17.1. The van der Waals surface area contributed by atoms with Crippen molar-refractivity contribution >= 4 is 41.4 Å². The Balaban J connectivity index is 1.74. The Morgan fingerprint density at radius 1 is 0.926 bits per heavy atom. The van der Waals surface area contributed by atoms with E-state index in [9.17, 15) is 38.6 Å². The van der Waals surface area contributed by atoms with Gasteiger partial charge >= 0.3 is 11.9 Å². The van der Waals surface area contributed by atoms with Gasteiger partial charge in [0.25, 0.3) is 0 Å². The molecule has 14 nitrogen and oxygen atoms in total.